The average Bonchev–Trinajstić information content (AvgIpc) is 3.37. The lowest BCUT2D eigenvalue weighted by Gasteiger charge is -2.19. The van der Waals surface area contributed by atoms with Gasteiger partial charge in [-0.05, 0) is 30.5 Å². The minimum atomic E-state index is -3.95. The molecule has 0 saturated carbocycles. The van der Waals surface area contributed by atoms with Crippen LogP contribution >= 0.6 is 11.6 Å². The summed E-state index contributed by atoms with van der Waals surface area (Å²) in [5, 5.41) is 14.2. The van der Waals surface area contributed by atoms with Crippen LogP contribution in [0.2, 0.25) is 5.02 Å². The number of nitro groups is 1. The number of carbonyl (C=O) groups excluding carboxylic acids is 1. The molecule has 0 aliphatic carbocycles. The number of sulfonamides is 1. The van der Waals surface area contributed by atoms with E-state index in [9.17, 15) is 23.3 Å². The molecule has 188 valence electrons. The summed E-state index contributed by atoms with van der Waals surface area (Å²) in [6.07, 6.45) is 1.20. The Labute approximate surface area is 209 Å². The third kappa shape index (κ3) is 6.77. The fourth-order valence-electron chi connectivity index (χ4n) is 3.58. The van der Waals surface area contributed by atoms with Crippen LogP contribution in [-0.2, 0) is 21.2 Å². The number of amides is 1. The maximum atomic E-state index is 12.7. The van der Waals surface area contributed by atoms with E-state index in [0.717, 1.165) is 40.4 Å². The molecule has 12 heteroatoms. The number of nitro benzene ring substituents is 1. The Morgan fingerprint density at radius 2 is 1.89 bits per heavy atom. The Bertz CT molecular complexity index is 1220. The van der Waals surface area contributed by atoms with Gasteiger partial charge >= 0.3 is 0 Å². The van der Waals surface area contributed by atoms with Gasteiger partial charge in [-0.3, -0.25) is 19.9 Å². The van der Waals surface area contributed by atoms with Crippen molar-refractivity contribution >= 4 is 39.1 Å². The van der Waals surface area contributed by atoms with E-state index in [1.165, 1.54) is 19.2 Å². The van der Waals surface area contributed by atoms with Gasteiger partial charge in [0.05, 0.1) is 16.4 Å². The summed E-state index contributed by atoms with van der Waals surface area (Å²) in [7, 11) is -0.855. The summed E-state index contributed by atoms with van der Waals surface area (Å²) in [5.41, 5.74) is 1.68. The van der Waals surface area contributed by atoms with Gasteiger partial charge in [-0.25, -0.2) is 12.7 Å². The SMILES string of the molecule is CN(CCc1ccc(C2=NCCN2)cc1)C(=O)CCCN(C)S(=O)(=O)c1ccc(Cl)c([N+](=O)[O-])c1. The number of halogens is 1. The second kappa shape index (κ2) is 11.6. The zero-order valence-corrected chi connectivity index (χ0v) is 21.2. The van der Waals surface area contributed by atoms with Crippen molar-refractivity contribution in [2.45, 2.75) is 24.2 Å². The van der Waals surface area contributed by atoms with Gasteiger partial charge in [-0.15, -0.1) is 0 Å². The van der Waals surface area contributed by atoms with Gasteiger partial charge in [0.1, 0.15) is 10.9 Å². The highest BCUT2D eigenvalue weighted by Gasteiger charge is 2.25. The predicted molar refractivity (Wildman–Crippen MR) is 134 cm³/mol. The van der Waals surface area contributed by atoms with Crippen LogP contribution in [0, 0.1) is 10.1 Å². The molecule has 0 saturated heterocycles. The van der Waals surface area contributed by atoms with Crippen molar-refractivity contribution in [3.63, 3.8) is 0 Å². The Balaban J connectivity index is 1.46. The zero-order chi connectivity index (χ0) is 25.6. The molecular weight excluding hydrogens is 494 g/mol. The van der Waals surface area contributed by atoms with Gasteiger partial charge in [0, 0.05) is 51.8 Å². The van der Waals surface area contributed by atoms with E-state index in [0.29, 0.717) is 19.4 Å². The fourth-order valence-corrected chi connectivity index (χ4v) is 5.00. The number of amidine groups is 1. The van der Waals surface area contributed by atoms with E-state index in [1.54, 1.807) is 11.9 Å². The second-order valence-electron chi connectivity index (χ2n) is 8.22. The number of hydrogen-bond acceptors (Lipinski definition) is 7. The normalized spacial score (nSPS) is 13.4. The third-order valence-electron chi connectivity index (χ3n) is 5.75. The first kappa shape index (κ1) is 26.6. The summed E-state index contributed by atoms with van der Waals surface area (Å²) in [4.78, 5) is 28.6. The monoisotopic (exact) mass is 521 g/mol. The molecule has 2 aromatic rings. The lowest BCUT2D eigenvalue weighted by atomic mass is 10.1. The standard InChI is InChI=1S/C23H28ClN5O5S/c1-27(15-11-17-5-7-18(8-6-17)23-25-12-13-26-23)22(30)4-3-14-28(2)35(33,34)19-9-10-20(24)21(16-19)29(31)32/h5-10,16H,3-4,11-15H2,1-2H3,(H,25,26). The summed E-state index contributed by atoms with van der Waals surface area (Å²) in [5.74, 6) is 0.823. The van der Waals surface area contributed by atoms with Crippen molar-refractivity contribution in [1.29, 1.82) is 0 Å². The van der Waals surface area contributed by atoms with E-state index in [1.807, 2.05) is 24.3 Å². The van der Waals surface area contributed by atoms with Crippen molar-refractivity contribution in [3.8, 4) is 0 Å². The molecule has 0 atom stereocenters. The van der Waals surface area contributed by atoms with Gasteiger partial charge in [-0.2, -0.15) is 0 Å². The Hall–Kier alpha value is -3.02. The summed E-state index contributed by atoms with van der Waals surface area (Å²) >= 11 is 5.77. The molecule has 2 aromatic carbocycles. The number of aliphatic imine (C=N–C) groups is 1. The first-order chi connectivity index (χ1) is 16.6. The minimum absolute atomic E-state index is 0.0842. The van der Waals surface area contributed by atoms with E-state index in [4.69, 9.17) is 11.6 Å². The van der Waals surface area contributed by atoms with Crippen LogP contribution in [0.3, 0.4) is 0 Å². The zero-order valence-electron chi connectivity index (χ0n) is 19.6. The lowest BCUT2D eigenvalue weighted by Crippen LogP contribution is -2.31. The maximum Gasteiger partial charge on any atom is 0.289 e. The largest absolute Gasteiger partial charge is 0.368 e. The Kier molecular flexibility index (Phi) is 8.82. The van der Waals surface area contributed by atoms with Crippen LogP contribution in [0.15, 0.2) is 52.4 Å². The molecule has 10 nitrogen and oxygen atoms in total. The van der Waals surface area contributed by atoms with Crippen LogP contribution in [-0.4, -0.2) is 74.6 Å². The van der Waals surface area contributed by atoms with Crippen LogP contribution in [0.4, 0.5) is 5.69 Å². The molecule has 1 heterocycles. The van der Waals surface area contributed by atoms with Crippen LogP contribution in [0.5, 0.6) is 0 Å². The number of nitrogens with one attached hydrogen (secondary N) is 1. The molecule has 0 aromatic heterocycles. The molecule has 1 N–H and O–H groups in total. The van der Waals surface area contributed by atoms with E-state index in [-0.39, 0.29) is 28.8 Å². The smallest absolute Gasteiger partial charge is 0.289 e. The Morgan fingerprint density at radius 1 is 1.17 bits per heavy atom. The first-order valence-electron chi connectivity index (χ1n) is 11.1. The predicted octanol–water partition coefficient (Wildman–Crippen LogP) is 2.70. The van der Waals surface area contributed by atoms with Gasteiger partial charge < -0.3 is 10.2 Å². The molecular formula is C23H28ClN5O5S. The first-order valence-corrected chi connectivity index (χ1v) is 12.9. The molecule has 0 radical (unpaired) electrons. The summed E-state index contributed by atoms with van der Waals surface area (Å²) in [6, 6.07) is 11.4. The van der Waals surface area contributed by atoms with Crippen LogP contribution < -0.4 is 5.32 Å². The highest BCUT2D eigenvalue weighted by atomic mass is 35.5. The number of carbonyl (C=O) groups is 1. The van der Waals surface area contributed by atoms with Gasteiger partial charge in [0.15, 0.2) is 0 Å². The van der Waals surface area contributed by atoms with Gasteiger partial charge in [0.2, 0.25) is 15.9 Å². The van der Waals surface area contributed by atoms with Crippen molar-refractivity contribution in [1.82, 2.24) is 14.5 Å². The van der Waals surface area contributed by atoms with Gasteiger partial charge in [0.25, 0.3) is 5.69 Å². The summed E-state index contributed by atoms with van der Waals surface area (Å²) in [6.45, 7) is 2.28. The fraction of sp³-hybridized carbons (Fsp3) is 0.391. The third-order valence-corrected chi connectivity index (χ3v) is 7.92. The lowest BCUT2D eigenvalue weighted by molar-refractivity contribution is -0.384. The van der Waals surface area contributed by atoms with Crippen molar-refractivity contribution in [2.75, 3.05) is 40.3 Å². The van der Waals surface area contributed by atoms with Crippen molar-refractivity contribution < 1.29 is 18.1 Å². The summed E-state index contributed by atoms with van der Waals surface area (Å²) < 4.78 is 26.6. The Morgan fingerprint density at radius 3 is 2.51 bits per heavy atom. The molecule has 1 aliphatic rings. The molecule has 0 fully saturated rings. The molecule has 1 amide bonds. The van der Waals surface area contributed by atoms with Crippen LogP contribution in [0.1, 0.15) is 24.0 Å². The van der Waals surface area contributed by atoms with Crippen molar-refractivity contribution in [3.05, 3.63) is 68.7 Å². The van der Waals surface area contributed by atoms with E-state index < -0.39 is 20.6 Å². The van der Waals surface area contributed by atoms with E-state index in [2.05, 4.69) is 10.3 Å². The number of nitrogens with zero attached hydrogens (tertiary/aromatic N) is 4. The maximum absolute atomic E-state index is 12.7. The second-order valence-corrected chi connectivity index (χ2v) is 10.7. The minimum Gasteiger partial charge on any atom is -0.368 e. The molecule has 3 rings (SSSR count). The molecule has 0 unspecified atom stereocenters. The number of rotatable bonds is 11. The molecule has 0 spiro atoms. The number of benzene rings is 2. The number of hydrogen-bond donors (Lipinski definition) is 1. The highest BCUT2D eigenvalue weighted by molar-refractivity contribution is 7.89. The van der Waals surface area contributed by atoms with Crippen LogP contribution in [0.25, 0.3) is 0 Å². The molecule has 35 heavy (non-hydrogen) atoms. The molecule has 1 aliphatic heterocycles. The average molecular weight is 522 g/mol. The van der Waals surface area contributed by atoms with Gasteiger partial charge in [-0.1, -0.05) is 35.9 Å². The number of likely N-dealkylation sites (N-methyl/N-ethyl adjacent to an activating group) is 1. The van der Waals surface area contributed by atoms with E-state index >= 15 is 0 Å². The quantitative estimate of drug-likeness (QED) is 0.358. The molecule has 0 bridgehead atoms. The van der Waals surface area contributed by atoms with Crippen molar-refractivity contribution in [2.24, 2.45) is 4.99 Å². The topological polar surface area (TPSA) is 125 Å². The highest BCUT2D eigenvalue weighted by Crippen LogP contribution is 2.28.